The number of carbonyl (C=O) groups is 2. The SMILES string of the molecule is CC(CNC(=O)N[C@@H](CO)C(=O)O)C1CC1. The van der Waals surface area contributed by atoms with E-state index in [-0.39, 0.29) is 0 Å². The highest BCUT2D eigenvalue weighted by atomic mass is 16.4. The van der Waals surface area contributed by atoms with E-state index in [2.05, 4.69) is 17.6 Å². The Morgan fingerprint density at radius 2 is 2.06 bits per heavy atom. The smallest absolute Gasteiger partial charge is 0.328 e. The van der Waals surface area contributed by atoms with E-state index in [1.54, 1.807) is 0 Å². The molecule has 0 bridgehead atoms. The minimum Gasteiger partial charge on any atom is -0.480 e. The Balaban J connectivity index is 2.20. The molecule has 1 aliphatic rings. The van der Waals surface area contributed by atoms with Crippen LogP contribution >= 0.6 is 0 Å². The summed E-state index contributed by atoms with van der Waals surface area (Å²) in [5.74, 6) is -0.135. The second kappa shape index (κ2) is 5.69. The number of carbonyl (C=O) groups excluding carboxylic acids is 1. The molecule has 0 aromatic carbocycles. The van der Waals surface area contributed by atoms with Crippen molar-refractivity contribution in [2.45, 2.75) is 25.8 Å². The van der Waals surface area contributed by atoms with Crippen LogP contribution in [-0.2, 0) is 4.79 Å². The van der Waals surface area contributed by atoms with Gasteiger partial charge in [-0.2, -0.15) is 0 Å². The van der Waals surface area contributed by atoms with E-state index in [4.69, 9.17) is 10.2 Å². The highest BCUT2D eigenvalue weighted by Gasteiger charge is 2.28. The number of hydrogen-bond donors (Lipinski definition) is 4. The topological polar surface area (TPSA) is 98.7 Å². The summed E-state index contributed by atoms with van der Waals surface area (Å²) >= 11 is 0. The molecule has 0 heterocycles. The van der Waals surface area contributed by atoms with Crippen LogP contribution in [0.25, 0.3) is 0 Å². The van der Waals surface area contributed by atoms with Gasteiger partial charge in [0.15, 0.2) is 6.04 Å². The molecular weight excluding hydrogens is 212 g/mol. The van der Waals surface area contributed by atoms with Gasteiger partial charge in [-0.05, 0) is 24.7 Å². The predicted octanol–water partition coefficient (Wildman–Crippen LogP) is -0.223. The number of carboxylic acid groups (broad SMARTS) is 1. The molecular formula is C10H18N2O4. The van der Waals surface area contributed by atoms with Gasteiger partial charge >= 0.3 is 12.0 Å². The summed E-state index contributed by atoms with van der Waals surface area (Å²) in [6.45, 7) is 1.98. The van der Waals surface area contributed by atoms with Crippen LogP contribution in [0.2, 0.25) is 0 Å². The van der Waals surface area contributed by atoms with Crippen molar-refractivity contribution < 1.29 is 19.8 Å². The Morgan fingerprint density at radius 3 is 2.50 bits per heavy atom. The van der Waals surface area contributed by atoms with E-state index in [0.29, 0.717) is 18.4 Å². The highest BCUT2D eigenvalue weighted by molar-refractivity contribution is 5.82. The van der Waals surface area contributed by atoms with Gasteiger partial charge in [-0.1, -0.05) is 6.92 Å². The Kier molecular flexibility index (Phi) is 4.54. The molecule has 0 saturated heterocycles. The molecule has 0 spiro atoms. The number of hydrogen-bond acceptors (Lipinski definition) is 3. The third-order valence-corrected chi connectivity index (χ3v) is 2.80. The molecule has 2 atom stereocenters. The van der Waals surface area contributed by atoms with Crippen molar-refractivity contribution in [1.29, 1.82) is 0 Å². The van der Waals surface area contributed by atoms with Crippen molar-refractivity contribution >= 4 is 12.0 Å². The fourth-order valence-electron chi connectivity index (χ4n) is 1.48. The zero-order chi connectivity index (χ0) is 12.1. The third-order valence-electron chi connectivity index (χ3n) is 2.80. The quantitative estimate of drug-likeness (QED) is 0.507. The van der Waals surface area contributed by atoms with Gasteiger partial charge in [-0.15, -0.1) is 0 Å². The van der Waals surface area contributed by atoms with Crippen molar-refractivity contribution in [1.82, 2.24) is 10.6 Å². The van der Waals surface area contributed by atoms with Crippen molar-refractivity contribution in [3.63, 3.8) is 0 Å². The summed E-state index contributed by atoms with van der Waals surface area (Å²) in [5, 5.41) is 22.1. The molecule has 6 heteroatoms. The largest absolute Gasteiger partial charge is 0.480 e. The molecule has 1 saturated carbocycles. The maximum absolute atomic E-state index is 11.3. The van der Waals surface area contributed by atoms with Crippen LogP contribution in [0.3, 0.4) is 0 Å². The van der Waals surface area contributed by atoms with Crippen LogP contribution in [-0.4, -0.2) is 41.4 Å². The first-order valence-electron chi connectivity index (χ1n) is 5.42. The molecule has 16 heavy (non-hydrogen) atoms. The molecule has 4 N–H and O–H groups in total. The number of rotatable bonds is 6. The van der Waals surface area contributed by atoms with Gasteiger partial charge in [0, 0.05) is 6.54 Å². The number of urea groups is 1. The summed E-state index contributed by atoms with van der Waals surface area (Å²) in [6.07, 6.45) is 2.41. The second-order valence-corrected chi connectivity index (χ2v) is 4.24. The predicted molar refractivity (Wildman–Crippen MR) is 56.9 cm³/mol. The Bertz CT molecular complexity index is 266. The molecule has 0 radical (unpaired) electrons. The minimum absolute atomic E-state index is 0.420. The van der Waals surface area contributed by atoms with E-state index >= 15 is 0 Å². The number of carboxylic acids is 1. The molecule has 1 aliphatic carbocycles. The van der Waals surface area contributed by atoms with E-state index in [1.165, 1.54) is 12.8 Å². The van der Waals surface area contributed by atoms with Crippen molar-refractivity contribution in [3.8, 4) is 0 Å². The molecule has 1 unspecified atom stereocenters. The van der Waals surface area contributed by atoms with Crippen molar-refractivity contribution in [2.75, 3.05) is 13.2 Å². The Morgan fingerprint density at radius 1 is 1.44 bits per heavy atom. The summed E-state index contributed by atoms with van der Waals surface area (Å²) < 4.78 is 0. The van der Waals surface area contributed by atoms with E-state index < -0.39 is 24.6 Å². The van der Waals surface area contributed by atoms with Crippen molar-refractivity contribution in [2.24, 2.45) is 11.8 Å². The number of aliphatic hydroxyl groups is 1. The number of aliphatic hydroxyl groups excluding tert-OH is 1. The Hall–Kier alpha value is -1.30. The lowest BCUT2D eigenvalue weighted by Gasteiger charge is -2.15. The summed E-state index contributed by atoms with van der Waals surface area (Å²) in [5.41, 5.74) is 0. The zero-order valence-corrected chi connectivity index (χ0v) is 9.27. The van der Waals surface area contributed by atoms with Gasteiger partial charge in [0.05, 0.1) is 6.61 Å². The lowest BCUT2D eigenvalue weighted by molar-refractivity contribution is -0.140. The maximum Gasteiger partial charge on any atom is 0.328 e. The first-order valence-corrected chi connectivity index (χ1v) is 5.42. The molecule has 6 nitrogen and oxygen atoms in total. The molecule has 92 valence electrons. The maximum atomic E-state index is 11.3. The monoisotopic (exact) mass is 230 g/mol. The van der Waals surface area contributed by atoms with Gasteiger partial charge in [0.25, 0.3) is 0 Å². The fraction of sp³-hybridized carbons (Fsp3) is 0.800. The first-order chi connectivity index (χ1) is 7.54. The Labute approximate surface area is 94.0 Å². The van der Waals surface area contributed by atoms with Gasteiger partial charge in [-0.25, -0.2) is 9.59 Å². The standard InChI is InChI=1S/C10H18N2O4/c1-6(7-2-3-7)4-11-10(16)12-8(5-13)9(14)15/h6-8,13H,2-5H2,1H3,(H,14,15)(H2,11,12,16)/t6?,8-/m0/s1. The fourth-order valence-corrected chi connectivity index (χ4v) is 1.48. The molecule has 1 rings (SSSR count). The van der Waals surface area contributed by atoms with E-state index in [9.17, 15) is 9.59 Å². The highest BCUT2D eigenvalue weighted by Crippen LogP contribution is 2.35. The molecule has 0 aliphatic heterocycles. The molecule has 0 aromatic rings. The molecule has 1 fully saturated rings. The third kappa shape index (κ3) is 4.06. The average molecular weight is 230 g/mol. The lowest BCUT2D eigenvalue weighted by Crippen LogP contribution is -2.48. The van der Waals surface area contributed by atoms with E-state index in [0.717, 1.165) is 0 Å². The van der Waals surface area contributed by atoms with Crippen LogP contribution in [0.4, 0.5) is 4.79 Å². The number of amides is 2. The summed E-state index contributed by atoms with van der Waals surface area (Å²) in [6, 6.07) is -1.79. The average Bonchev–Trinajstić information content (AvgIpc) is 3.05. The van der Waals surface area contributed by atoms with Crippen LogP contribution in [0, 0.1) is 11.8 Å². The number of aliphatic carboxylic acids is 1. The minimum atomic E-state index is -1.24. The van der Waals surface area contributed by atoms with E-state index in [1.807, 2.05) is 0 Å². The second-order valence-electron chi connectivity index (χ2n) is 4.24. The lowest BCUT2D eigenvalue weighted by atomic mass is 10.1. The molecule has 2 amide bonds. The van der Waals surface area contributed by atoms with Crippen LogP contribution in [0.5, 0.6) is 0 Å². The van der Waals surface area contributed by atoms with Gasteiger partial charge in [-0.3, -0.25) is 0 Å². The number of nitrogens with one attached hydrogen (secondary N) is 2. The van der Waals surface area contributed by atoms with Gasteiger partial charge in [0.1, 0.15) is 0 Å². The summed E-state index contributed by atoms with van der Waals surface area (Å²) in [4.78, 5) is 21.8. The summed E-state index contributed by atoms with van der Waals surface area (Å²) in [7, 11) is 0. The van der Waals surface area contributed by atoms with Crippen molar-refractivity contribution in [3.05, 3.63) is 0 Å². The zero-order valence-electron chi connectivity index (χ0n) is 9.27. The van der Waals surface area contributed by atoms with Crippen LogP contribution < -0.4 is 10.6 Å². The van der Waals surface area contributed by atoms with Gasteiger partial charge in [0.2, 0.25) is 0 Å². The molecule has 0 aromatic heterocycles. The first kappa shape index (κ1) is 12.8. The van der Waals surface area contributed by atoms with Crippen LogP contribution in [0.1, 0.15) is 19.8 Å². The van der Waals surface area contributed by atoms with Crippen LogP contribution in [0.15, 0.2) is 0 Å². The normalized spacial score (nSPS) is 18.6. The van der Waals surface area contributed by atoms with Gasteiger partial charge < -0.3 is 20.8 Å².